The van der Waals surface area contributed by atoms with Gasteiger partial charge in [0, 0.05) is 46.5 Å². The van der Waals surface area contributed by atoms with E-state index in [2.05, 4.69) is 0 Å². The molecule has 3 rings (SSSR count). The fourth-order valence-electron chi connectivity index (χ4n) is 4.99. The van der Waals surface area contributed by atoms with Gasteiger partial charge in [0.2, 0.25) is 0 Å². The molecule has 0 aromatic carbocycles. The van der Waals surface area contributed by atoms with Crippen molar-refractivity contribution in [1.82, 2.24) is 0 Å². The molecule has 3 fully saturated rings. The maximum atomic E-state index is 13.3. The number of hydrogen-bond acceptors (Lipinski definition) is 14. The molecule has 0 radical (unpaired) electrons. The lowest BCUT2D eigenvalue weighted by Gasteiger charge is -2.44. The van der Waals surface area contributed by atoms with Crippen LogP contribution >= 0.6 is 11.8 Å². The van der Waals surface area contributed by atoms with Crippen molar-refractivity contribution < 1.29 is 61.9 Å². The van der Waals surface area contributed by atoms with Crippen LogP contribution in [0.2, 0.25) is 0 Å². The quantitative estimate of drug-likeness (QED) is 0.268. The molecule has 0 bridgehead atoms. The van der Waals surface area contributed by atoms with Crippen molar-refractivity contribution >= 4 is 41.4 Å². The Hall–Kier alpha value is -2.26. The van der Waals surface area contributed by atoms with Crippen molar-refractivity contribution in [2.45, 2.75) is 114 Å². The van der Waals surface area contributed by atoms with Crippen LogP contribution in [0, 0.1) is 0 Å². The monoisotopic (exact) mass is 576 g/mol. The van der Waals surface area contributed by atoms with Crippen LogP contribution in [0.3, 0.4) is 0 Å². The molecule has 0 aromatic heterocycles. The number of thioether (sulfide) groups is 1. The van der Waals surface area contributed by atoms with Gasteiger partial charge in [-0.2, -0.15) is 0 Å². The molecule has 0 unspecified atom stereocenters. The summed E-state index contributed by atoms with van der Waals surface area (Å²) in [6, 6.07) is 0. The molecule has 3 heterocycles. The third kappa shape index (κ3) is 7.91. The van der Waals surface area contributed by atoms with Crippen LogP contribution in [0.4, 0.5) is 0 Å². The molecular formula is C25H36O13S. The van der Waals surface area contributed by atoms with Crippen molar-refractivity contribution in [2.75, 3.05) is 13.7 Å². The van der Waals surface area contributed by atoms with E-state index in [0.717, 1.165) is 0 Å². The van der Waals surface area contributed by atoms with Gasteiger partial charge in [-0.3, -0.25) is 24.0 Å². The third-order valence-corrected chi connectivity index (χ3v) is 7.93. The standard InChI is InChI=1S/C25H36O13S/c1-11(26)32-10-17-20(34-13(3)28)21(35-14(4)29)19(33-12(2)27)16(39-17)9-8-15(30)18-22-23(24(31-7)36-18)38-25(5,6)37-22/h16-24H,8-10H2,1-7H3/t16-,17-,18-,19-,20-,21-,22+,23+,24+/m1/s1. The van der Waals surface area contributed by atoms with Crippen LogP contribution in [-0.2, 0) is 61.9 Å². The first-order valence-corrected chi connectivity index (χ1v) is 13.5. The molecule has 9 atom stereocenters. The molecule has 0 spiro atoms. The van der Waals surface area contributed by atoms with E-state index in [1.807, 2.05) is 0 Å². The second-order valence-corrected chi connectivity index (χ2v) is 11.5. The molecule has 0 amide bonds. The highest BCUT2D eigenvalue weighted by molar-refractivity contribution is 8.00. The summed E-state index contributed by atoms with van der Waals surface area (Å²) in [5.41, 5.74) is 0. The fraction of sp³-hybridized carbons (Fsp3) is 0.800. The van der Waals surface area contributed by atoms with Crippen LogP contribution in [0.15, 0.2) is 0 Å². The number of rotatable bonds is 10. The molecule has 3 aliphatic rings. The van der Waals surface area contributed by atoms with E-state index in [1.165, 1.54) is 46.6 Å². The molecule has 3 aliphatic heterocycles. The van der Waals surface area contributed by atoms with Crippen molar-refractivity contribution in [1.29, 1.82) is 0 Å². The van der Waals surface area contributed by atoms with Gasteiger partial charge in [-0.1, -0.05) is 0 Å². The van der Waals surface area contributed by atoms with Crippen molar-refractivity contribution in [3.05, 3.63) is 0 Å². The molecule has 0 aromatic rings. The molecule has 0 aliphatic carbocycles. The normalized spacial score (nSPS) is 35.0. The minimum Gasteiger partial charge on any atom is -0.465 e. The first-order valence-electron chi connectivity index (χ1n) is 12.6. The fourth-order valence-corrected chi connectivity index (χ4v) is 6.57. The first-order chi connectivity index (χ1) is 18.2. The number of methoxy groups -OCH3 is 1. The van der Waals surface area contributed by atoms with Gasteiger partial charge in [0.1, 0.15) is 24.9 Å². The molecule has 39 heavy (non-hydrogen) atoms. The number of ketones is 1. The van der Waals surface area contributed by atoms with Gasteiger partial charge in [0.25, 0.3) is 0 Å². The summed E-state index contributed by atoms with van der Waals surface area (Å²) in [6.45, 7) is 8.08. The summed E-state index contributed by atoms with van der Waals surface area (Å²) in [5, 5.41) is -1.27. The Balaban J connectivity index is 1.83. The van der Waals surface area contributed by atoms with Gasteiger partial charge in [0.05, 0.1) is 5.25 Å². The van der Waals surface area contributed by atoms with Gasteiger partial charge < -0.3 is 37.9 Å². The predicted molar refractivity (Wildman–Crippen MR) is 132 cm³/mol. The summed E-state index contributed by atoms with van der Waals surface area (Å²) in [6.07, 6.45) is -6.17. The highest BCUT2D eigenvalue weighted by Crippen LogP contribution is 2.42. The van der Waals surface area contributed by atoms with Gasteiger partial charge >= 0.3 is 23.9 Å². The second kappa shape index (κ2) is 12.9. The van der Waals surface area contributed by atoms with Crippen molar-refractivity contribution in [3.63, 3.8) is 0 Å². The predicted octanol–water partition coefficient (Wildman–Crippen LogP) is 1.07. The number of hydrogen-bond donors (Lipinski definition) is 0. The molecule has 13 nitrogen and oxygen atoms in total. The van der Waals surface area contributed by atoms with Crippen LogP contribution in [0.5, 0.6) is 0 Å². The van der Waals surface area contributed by atoms with E-state index in [-0.39, 0.29) is 25.2 Å². The summed E-state index contributed by atoms with van der Waals surface area (Å²) < 4.78 is 44.6. The smallest absolute Gasteiger partial charge is 0.303 e. The molecule has 3 saturated heterocycles. The van der Waals surface area contributed by atoms with E-state index in [1.54, 1.807) is 13.8 Å². The lowest BCUT2D eigenvalue weighted by Crippen LogP contribution is -2.58. The number of esters is 4. The molecule has 0 N–H and O–H groups in total. The summed E-state index contributed by atoms with van der Waals surface area (Å²) in [7, 11) is 1.45. The SMILES string of the molecule is CO[C@H]1O[C@H](C(=O)CC[C@H]2S[C@H](COC(C)=O)[C@@H](OC(C)=O)[C@H](OC(C)=O)[C@@H]2OC(C)=O)[C@@H]2OC(C)(C)O[C@H]12. The minimum atomic E-state index is -1.20. The zero-order chi connectivity index (χ0) is 29.1. The lowest BCUT2D eigenvalue weighted by molar-refractivity contribution is -0.225. The first kappa shape index (κ1) is 31.3. The summed E-state index contributed by atoms with van der Waals surface area (Å²) in [5.74, 6) is -3.77. The van der Waals surface area contributed by atoms with Crippen LogP contribution in [-0.4, -0.2) is 103 Å². The van der Waals surface area contributed by atoms with Crippen LogP contribution in [0.1, 0.15) is 54.4 Å². The van der Waals surface area contributed by atoms with Gasteiger partial charge in [-0.05, 0) is 20.3 Å². The zero-order valence-corrected chi connectivity index (χ0v) is 23.8. The average Bonchev–Trinajstić information content (AvgIpc) is 3.31. The Morgan fingerprint density at radius 3 is 1.85 bits per heavy atom. The number of fused-ring (bicyclic) bond motifs is 1. The van der Waals surface area contributed by atoms with Gasteiger partial charge in [-0.25, -0.2) is 0 Å². The third-order valence-electron chi connectivity index (χ3n) is 6.32. The number of carbonyl (C=O) groups excluding carboxylic acids is 5. The van der Waals surface area contributed by atoms with Crippen molar-refractivity contribution in [2.24, 2.45) is 0 Å². The average molecular weight is 577 g/mol. The number of ether oxygens (including phenoxy) is 8. The van der Waals surface area contributed by atoms with Crippen LogP contribution in [0.25, 0.3) is 0 Å². The molecule has 14 heteroatoms. The van der Waals surface area contributed by atoms with Gasteiger partial charge in [-0.15, -0.1) is 11.8 Å². The summed E-state index contributed by atoms with van der Waals surface area (Å²) >= 11 is 1.22. The maximum absolute atomic E-state index is 13.3. The highest BCUT2D eigenvalue weighted by Gasteiger charge is 2.58. The second-order valence-electron chi connectivity index (χ2n) is 9.97. The minimum absolute atomic E-state index is 0.0190. The topological polar surface area (TPSA) is 159 Å². The van der Waals surface area contributed by atoms with E-state index >= 15 is 0 Å². The Morgan fingerprint density at radius 1 is 0.769 bits per heavy atom. The van der Waals surface area contributed by atoms with E-state index in [4.69, 9.17) is 37.9 Å². The van der Waals surface area contributed by atoms with Crippen LogP contribution < -0.4 is 0 Å². The van der Waals surface area contributed by atoms with E-state index in [0.29, 0.717) is 0 Å². The zero-order valence-electron chi connectivity index (χ0n) is 23.0. The Bertz CT molecular complexity index is 952. The Kier molecular flexibility index (Phi) is 10.4. The number of carbonyl (C=O) groups is 5. The molecule has 220 valence electrons. The Labute approximate surface area is 230 Å². The molecule has 0 saturated carbocycles. The largest absolute Gasteiger partial charge is 0.465 e. The number of Topliss-reactive ketones (excluding diaryl/α,β-unsaturated/α-hetero) is 1. The lowest BCUT2D eigenvalue weighted by atomic mass is 9.95. The Morgan fingerprint density at radius 2 is 1.31 bits per heavy atom. The molecular weight excluding hydrogens is 540 g/mol. The highest BCUT2D eigenvalue weighted by atomic mass is 32.2. The maximum Gasteiger partial charge on any atom is 0.303 e. The van der Waals surface area contributed by atoms with Gasteiger partial charge in [0.15, 0.2) is 36.2 Å². The van der Waals surface area contributed by atoms with Crippen molar-refractivity contribution in [3.8, 4) is 0 Å². The summed E-state index contributed by atoms with van der Waals surface area (Å²) in [4.78, 5) is 60.8. The van der Waals surface area contributed by atoms with E-state index < -0.39 is 83.1 Å². The van der Waals surface area contributed by atoms with E-state index in [9.17, 15) is 24.0 Å².